The highest BCUT2D eigenvalue weighted by Crippen LogP contribution is 2.51. The quantitative estimate of drug-likeness (QED) is 0.0327. The van der Waals surface area contributed by atoms with Crippen molar-refractivity contribution in [3.63, 3.8) is 0 Å². The number of imidazole rings is 1. The summed E-state index contributed by atoms with van der Waals surface area (Å²) in [6, 6.07) is 37.9. The summed E-state index contributed by atoms with van der Waals surface area (Å²) in [5.41, 5.74) is 3.87. The van der Waals surface area contributed by atoms with E-state index in [-0.39, 0.29) is 56.1 Å². The van der Waals surface area contributed by atoms with Gasteiger partial charge in [-0.2, -0.15) is 10.2 Å². The molecule has 2 aliphatic rings. The van der Waals surface area contributed by atoms with Gasteiger partial charge in [0.15, 0.2) is 5.65 Å². The fraction of sp³-hybridized carbons (Fsp3) is 0.459. The van der Waals surface area contributed by atoms with Gasteiger partial charge in [-0.05, 0) is 111 Å². The summed E-state index contributed by atoms with van der Waals surface area (Å²) >= 11 is 0. The van der Waals surface area contributed by atoms with Gasteiger partial charge in [-0.25, -0.2) is 14.6 Å². The van der Waals surface area contributed by atoms with Gasteiger partial charge >= 0.3 is 0 Å². The number of aromatic nitrogens is 4. The van der Waals surface area contributed by atoms with Crippen LogP contribution in [0, 0.1) is 29.1 Å². The maximum absolute atomic E-state index is 13.7. The SMILES string of the molecule is COc1ccc(C(OC[C@H]2O[C@@H](n3cnc4c(/C=C/CO[C@@H]5C[C@H](C)CC[C@H]5C(C)C)nc(NC(=O)Cc5ccccc5)nc43)C[C@@H]2OP(OCCC#N)N(C(C)C)C(C)C)(c2ccccc2)c2ccc(OC)cc2)cc1. The second-order valence-electron chi connectivity index (χ2n) is 20.9. The van der Waals surface area contributed by atoms with Crippen molar-refractivity contribution in [3.05, 3.63) is 150 Å². The van der Waals surface area contributed by atoms with Gasteiger partial charge in [0.1, 0.15) is 34.9 Å². The first-order valence-electron chi connectivity index (χ1n) is 27.1. The van der Waals surface area contributed by atoms with Crippen LogP contribution in [0.1, 0.15) is 115 Å². The molecule has 8 rings (SSSR count). The van der Waals surface area contributed by atoms with Crippen LogP contribution in [0.15, 0.2) is 122 Å². The Morgan fingerprint density at radius 3 is 2.10 bits per heavy atom. The molecule has 0 bridgehead atoms. The molecule has 2 aromatic heterocycles. The number of anilines is 1. The molecule has 77 heavy (non-hydrogen) atoms. The molecule has 1 saturated carbocycles. The average molecular weight is 1070 g/mol. The number of rotatable bonds is 25. The summed E-state index contributed by atoms with van der Waals surface area (Å²) in [5, 5.41) is 12.6. The number of carbonyl (C=O) groups excluding carboxylic acids is 1. The number of amides is 1. The van der Waals surface area contributed by atoms with Gasteiger partial charge in [0, 0.05) is 18.5 Å². The smallest absolute Gasteiger partial charge is 0.259 e. The van der Waals surface area contributed by atoms with E-state index in [4.69, 9.17) is 47.7 Å². The summed E-state index contributed by atoms with van der Waals surface area (Å²) in [7, 11) is 1.59. The van der Waals surface area contributed by atoms with Crippen LogP contribution in [-0.2, 0) is 40.1 Å². The predicted molar refractivity (Wildman–Crippen MR) is 301 cm³/mol. The first-order chi connectivity index (χ1) is 37.3. The molecule has 15 nitrogen and oxygen atoms in total. The Labute approximate surface area is 456 Å². The van der Waals surface area contributed by atoms with Crippen LogP contribution < -0.4 is 14.8 Å². The van der Waals surface area contributed by atoms with Crippen LogP contribution in [0.2, 0.25) is 0 Å². The van der Waals surface area contributed by atoms with Gasteiger partial charge in [-0.1, -0.05) is 118 Å². The minimum Gasteiger partial charge on any atom is -0.497 e. The maximum Gasteiger partial charge on any atom is 0.259 e. The van der Waals surface area contributed by atoms with Gasteiger partial charge in [-0.15, -0.1) is 0 Å². The summed E-state index contributed by atoms with van der Waals surface area (Å²) in [6.07, 6.45) is 7.95. The standard InChI is InChI=1S/C61H76N7O8P/c1-41(2)51-32-23-44(7)36-53(51)72-34-16-22-52-58-59(66-60(64-52)65-56(69)37-45-18-12-10-13-19-45)67(40-63-58)57-38-54(76-77(74-35-17-33-62)68(42(3)4)43(5)6)55(75-57)39-73-61(46-20-14-11-15-21-46,47-24-28-49(70-8)29-25-47)48-26-30-50(71-9)31-27-48/h10-16,18-22,24-31,40-44,51,53-55,57H,17,23,32,34-39H2,1-9H3,(H,64,65,66,69)/b22-16+/t44-,51+,53-,54+,55-,57-,77?/m1/s1. The molecule has 0 spiro atoms. The summed E-state index contributed by atoms with van der Waals surface area (Å²) < 4.78 is 50.4. The van der Waals surface area contributed by atoms with Gasteiger partial charge in [0.25, 0.3) is 8.53 Å². The lowest BCUT2D eigenvalue weighted by Crippen LogP contribution is -2.39. The number of nitrogens with zero attached hydrogens (tertiary/aromatic N) is 6. The molecule has 1 aliphatic carbocycles. The lowest BCUT2D eigenvalue weighted by atomic mass is 9.75. The number of carbonyl (C=O) groups is 1. The second kappa shape index (κ2) is 27.0. The van der Waals surface area contributed by atoms with Crippen LogP contribution in [0.5, 0.6) is 11.5 Å². The largest absolute Gasteiger partial charge is 0.497 e. The monoisotopic (exact) mass is 1070 g/mol. The molecule has 2 fully saturated rings. The van der Waals surface area contributed by atoms with Crippen LogP contribution in [-0.4, -0.2) is 94.5 Å². The van der Waals surface area contributed by atoms with E-state index < -0.39 is 32.6 Å². The molecule has 1 saturated heterocycles. The molecule has 0 radical (unpaired) electrons. The van der Waals surface area contributed by atoms with Crippen LogP contribution in [0.4, 0.5) is 5.95 Å². The van der Waals surface area contributed by atoms with E-state index in [0.29, 0.717) is 59.1 Å². The van der Waals surface area contributed by atoms with Crippen molar-refractivity contribution >= 4 is 37.6 Å². The molecule has 408 valence electrons. The number of benzene rings is 4. The summed E-state index contributed by atoms with van der Waals surface area (Å²) in [6.45, 7) is 16.0. The number of ether oxygens (including phenoxy) is 5. The topological polar surface area (TPSA) is 164 Å². The minimum absolute atomic E-state index is 0.0523. The third-order valence-electron chi connectivity index (χ3n) is 14.6. The molecule has 7 atom stereocenters. The fourth-order valence-corrected chi connectivity index (χ4v) is 12.5. The molecule has 3 heterocycles. The van der Waals surface area contributed by atoms with Gasteiger partial charge < -0.3 is 32.7 Å². The van der Waals surface area contributed by atoms with E-state index in [0.717, 1.165) is 35.1 Å². The van der Waals surface area contributed by atoms with Crippen molar-refractivity contribution in [2.75, 3.05) is 39.4 Å². The van der Waals surface area contributed by atoms with Crippen molar-refractivity contribution in [3.8, 4) is 17.6 Å². The van der Waals surface area contributed by atoms with Crippen molar-refractivity contribution in [2.24, 2.45) is 17.8 Å². The van der Waals surface area contributed by atoms with Gasteiger partial charge in [0.05, 0.1) is 77.2 Å². The van der Waals surface area contributed by atoms with E-state index >= 15 is 0 Å². The normalized spacial score (nSPS) is 20.4. The highest BCUT2D eigenvalue weighted by Gasteiger charge is 2.45. The molecule has 1 amide bonds. The first kappa shape index (κ1) is 57.1. The molecule has 1 aliphatic heterocycles. The number of nitrogens with one attached hydrogen (secondary N) is 1. The molecule has 1 unspecified atom stereocenters. The third kappa shape index (κ3) is 14.0. The Morgan fingerprint density at radius 2 is 1.49 bits per heavy atom. The summed E-state index contributed by atoms with van der Waals surface area (Å²) in [5.74, 6) is 2.94. The molecule has 6 aromatic rings. The Balaban J connectivity index is 1.19. The Morgan fingerprint density at radius 1 is 0.857 bits per heavy atom. The second-order valence-corrected chi connectivity index (χ2v) is 22.3. The highest BCUT2D eigenvalue weighted by molar-refractivity contribution is 7.44. The number of methoxy groups -OCH3 is 2. The number of hydrogen-bond acceptors (Lipinski definition) is 13. The average Bonchev–Trinajstić information content (AvgIpc) is 4.05. The van der Waals surface area contributed by atoms with E-state index in [1.165, 1.54) is 6.42 Å². The highest BCUT2D eigenvalue weighted by atomic mass is 31.2. The van der Waals surface area contributed by atoms with E-state index in [2.05, 4.69) is 76.7 Å². The molecule has 1 N–H and O–H groups in total. The zero-order chi connectivity index (χ0) is 54.5. The zero-order valence-electron chi connectivity index (χ0n) is 46.1. The maximum atomic E-state index is 13.7. The van der Waals surface area contributed by atoms with Crippen LogP contribution in [0.25, 0.3) is 17.2 Å². The fourth-order valence-electron chi connectivity index (χ4n) is 10.7. The Kier molecular flexibility index (Phi) is 20.0. The van der Waals surface area contributed by atoms with E-state index in [9.17, 15) is 10.1 Å². The molecule has 4 aromatic carbocycles. The number of fused-ring (bicyclic) bond motifs is 1. The number of hydrogen-bond donors (Lipinski definition) is 1. The summed E-state index contributed by atoms with van der Waals surface area (Å²) in [4.78, 5) is 28.5. The predicted octanol–water partition coefficient (Wildman–Crippen LogP) is 12.5. The van der Waals surface area contributed by atoms with E-state index in [1.54, 1.807) is 20.5 Å². The van der Waals surface area contributed by atoms with Gasteiger partial charge in [0.2, 0.25) is 11.9 Å². The molecular formula is C61H76N7O8P. The van der Waals surface area contributed by atoms with Crippen molar-refractivity contribution in [1.82, 2.24) is 24.2 Å². The van der Waals surface area contributed by atoms with E-state index in [1.807, 2.05) is 114 Å². The van der Waals surface area contributed by atoms with Gasteiger partial charge in [-0.3, -0.25) is 14.7 Å². The Hall–Kier alpha value is -6.08. The number of nitriles is 1. The van der Waals surface area contributed by atoms with Crippen LogP contribution in [0.3, 0.4) is 0 Å². The lowest BCUT2D eigenvalue weighted by Gasteiger charge is -2.39. The zero-order valence-corrected chi connectivity index (χ0v) is 47.0. The first-order valence-corrected chi connectivity index (χ1v) is 28.2. The van der Waals surface area contributed by atoms with Crippen molar-refractivity contribution in [2.45, 2.75) is 129 Å². The Bertz CT molecular complexity index is 2820. The molecular weight excluding hydrogens is 990 g/mol. The molecule has 16 heteroatoms. The van der Waals surface area contributed by atoms with Crippen LogP contribution >= 0.6 is 8.53 Å². The third-order valence-corrected chi connectivity index (χ3v) is 16.7. The van der Waals surface area contributed by atoms with Crippen molar-refractivity contribution < 1.29 is 37.5 Å². The minimum atomic E-state index is -1.71. The lowest BCUT2D eigenvalue weighted by molar-refractivity contribution is -0.115. The van der Waals surface area contributed by atoms with Crippen molar-refractivity contribution in [1.29, 1.82) is 5.26 Å².